The molecule has 0 radical (unpaired) electrons. The van der Waals surface area contributed by atoms with Crippen LogP contribution < -0.4 is 5.32 Å². The molecule has 7 heteroatoms. The van der Waals surface area contributed by atoms with Crippen LogP contribution in [-0.4, -0.2) is 49.2 Å². The van der Waals surface area contributed by atoms with E-state index in [0.29, 0.717) is 18.5 Å². The molecule has 1 unspecified atom stereocenters. The monoisotopic (exact) mass is 496 g/mol. The van der Waals surface area contributed by atoms with Crippen LogP contribution in [-0.2, 0) is 31.9 Å². The third kappa shape index (κ3) is 10.6. The number of aliphatic hydroxyl groups excluding tert-OH is 1. The van der Waals surface area contributed by atoms with Crippen LogP contribution in [0.25, 0.3) is 0 Å². The van der Waals surface area contributed by atoms with Gasteiger partial charge in [-0.3, -0.25) is 4.99 Å². The molecule has 0 amide bonds. The highest BCUT2D eigenvalue weighted by Crippen LogP contribution is 2.16. The number of aryl methyl sites for hydroxylation is 2. The molecule has 0 fully saturated rings. The van der Waals surface area contributed by atoms with Gasteiger partial charge in [0.25, 0.3) is 0 Å². The molecule has 7 nitrogen and oxygen atoms in total. The van der Waals surface area contributed by atoms with E-state index in [1.807, 2.05) is 6.20 Å². The maximum absolute atomic E-state index is 11.9. The van der Waals surface area contributed by atoms with Crippen molar-refractivity contribution in [2.45, 2.75) is 58.8 Å². The highest BCUT2D eigenvalue weighted by molar-refractivity contribution is 5.88. The molecule has 36 heavy (non-hydrogen) atoms. The number of carbonyl (C=O) groups is 2. The van der Waals surface area contributed by atoms with Crippen molar-refractivity contribution in [3.8, 4) is 0 Å². The minimum Gasteiger partial charge on any atom is -0.462 e. The Hall–Kier alpha value is -3.19. The average molecular weight is 497 g/mol. The lowest BCUT2D eigenvalue weighted by Gasteiger charge is -2.21. The number of ether oxygens (including phenoxy) is 2. The summed E-state index contributed by atoms with van der Waals surface area (Å²) in [6.45, 7) is 11.0. The molecule has 1 aromatic carbocycles. The van der Waals surface area contributed by atoms with Crippen molar-refractivity contribution in [3.05, 3.63) is 71.5 Å². The van der Waals surface area contributed by atoms with Crippen LogP contribution >= 0.6 is 0 Å². The summed E-state index contributed by atoms with van der Waals surface area (Å²) in [5, 5.41) is 12.3. The Labute approximate surface area is 215 Å². The zero-order valence-electron chi connectivity index (χ0n) is 21.7. The maximum atomic E-state index is 11.9. The van der Waals surface area contributed by atoms with E-state index in [-0.39, 0.29) is 24.7 Å². The zero-order chi connectivity index (χ0) is 26.3. The van der Waals surface area contributed by atoms with Crippen molar-refractivity contribution in [1.29, 1.82) is 0 Å². The number of nitrogens with zero attached hydrogens (tertiary/aromatic N) is 1. The third-order valence-corrected chi connectivity index (χ3v) is 5.95. The van der Waals surface area contributed by atoms with E-state index in [1.54, 1.807) is 6.92 Å². The highest BCUT2D eigenvalue weighted by Gasteiger charge is 2.20. The number of nitrogens with one attached hydrogen (secondary N) is 1. The fourth-order valence-electron chi connectivity index (χ4n) is 3.62. The number of unbranched alkanes of at least 4 members (excludes halogenated alkanes) is 2. The van der Waals surface area contributed by atoms with Crippen molar-refractivity contribution in [2.75, 3.05) is 26.4 Å². The predicted molar refractivity (Wildman–Crippen MR) is 143 cm³/mol. The zero-order valence-corrected chi connectivity index (χ0v) is 21.7. The van der Waals surface area contributed by atoms with E-state index in [2.05, 4.69) is 54.7 Å². The maximum Gasteiger partial charge on any atom is 0.335 e. The van der Waals surface area contributed by atoms with Gasteiger partial charge in [0, 0.05) is 24.1 Å². The summed E-state index contributed by atoms with van der Waals surface area (Å²) < 4.78 is 10.5. The predicted octanol–water partition coefficient (Wildman–Crippen LogP) is 4.45. The molecule has 2 rings (SSSR count). The molecule has 0 saturated heterocycles. The lowest BCUT2D eigenvalue weighted by atomic mass is 10.0. The molecule has 1 aliphatic rings. The number of hydrogen-bond acceptors (Lipinski definition) is 7. The Morgan fingerprint density at radius 3 is 2.22 bits per heavy atom. The van der Waals surface area contributed by atoms with Gasteiger partial charge in [-0.25, -0.2) is 9.59 Å². The van der Waals surface area contributed by atoms with Gasteiger partial charge in [-0.2, -0.15) is 0 Å². The minimum absolute atomic E-state index is 0.00698. The van der Waals surface area contributed by atoms with Gasteiger partial charge in [-0.05, 0) is 49.3 Å². The largest absolute Gasteiger partial charge is 0.462 e. The summed E-state index contributed by atoms with van der Waals surface area (Å²) in [5.74, 6) is -0.742. The summed E-state index contributed by atoms with van der Waals surface area (Å²) in [5.41, 5.74) is 4.19. The van der Waals surface area contributed by atoms with E-state index in [1.165, 1.54) is 36.0 Å². The second-order valence-electron chi connectivity index (χ2n) is 9.29. The van der Waals surface area contributed by atoms with Crippen LogP contribution in [0.4, 0.5) is 0 Å². The molecule has 2 N–H and O–H groups in total. The number of carbonyl (C=O) groups excluding carboxylic acids is 2. The first-order valence-corrected chi connectivity index (χ1v) is 12.7. The quantitative estimate of drug-likeness (QED) is 0.199. The first-order valence-electron chi connectivity index (χ1n) is 12.7. The van der Waals surface area contributed by atoms with Crippen LogP contribution in [0.15, 0.2) is 65.3 Å². The Morgan fingerprint density at radius 1 is 1.03 bits per heavy atom. The lowest BCUT2D eigenvalue weighted by molar-refractivity contribution is -0.144. The van der Waals surface area contributed by atoms with E-state index >= 15 is 0 Å². The second kappa shape index (κ2) is 15.7. The topological polar surface area (TPSA) is 97.2 Å². The lowest BCUT2D eigenvalue weighted by Crippen LogP contribution is -2.30. The van der Waals surface area contributed by atoms with Gasteiger partial charge in [0.1, 0.15) is 5.84 Å². The average Bonchev–Trinajstić information content (AvgIpc) is 2.89. The summed E-state index contributed by atoms with van der Waals surface area (Å²) in [4.78, 5) is 28.3. The molecule has 0 aromatic heterocycles. The molecule has 1 atom stereocenters. The van der Waals surface area contributed by atoms with Crippen LogP contribution in [0.3, 0.4) is 0 Å². The van der Waals surface area contributed by atoms with E-state index < -0.39 is 18.5 Å². The number of benzene rings is 1. The van der Waals surface area contributed by atoms with Crippen LogP contribution in [0, 0.1) is 5.92 Å². The highest BCUT2D eigenvalue weighted by atomic mass is 16.5. The normalized spacial score (nSPS) is 13.6. The molecule has 1 heterocycles. The van der Waals surface area contributed by atoms with Crippen molar-refractivity contribution in [2.24, 2.45) is 10.9 Å². The van der Waals surface area contributed by atoms with Crippen LogP contribution in [0.2, 0.25) is 0 Å². The van der Waals surface area contributed by atoms with Crippen LogP contribution in [0.5, 0.6) is 0 Å². The second-order valence-corrected chi connectivity index (χ2v) is 9.29. The van der Waals surface area contributed by atoms with Crippen molar-refractivity contribution >= 4 is 17.8 Å². The summed E-state index contributed by atoms with van der Waals surface area (Å²) in [7, 11) is 0. The fourth-order valence-corrected chi connectivity index (χ4v) is 3.62. The van der Waals surface area contributed by atoms with Crippen molar-refractivity contribution < 1.29 is 24.2 Å². The summed E-state index contributed by atoms with van der Waals surface area (Å²) in [6.07, 6.45) is 9.19. The number of aliphatic imine (C=N–C) groups is 1. The number of rotatable bonds is 16. The van der Waals surface area contributed by atoms with Gasteiger partial charge in [-0.1, -0.05) is 57.2 Å². The molecule has 1 aliphatic heterocycles. The van der Waals surface area contributed by atoms with Gasteiger partial charge in [-0.15, -0.1) is 0 Å². The Morgan fingerprint density at radius 2 is 1.67 bits per heavy atom. The summed E-state index contributed by atoms with van der Waals surface area (Å²) >= 11 is 0. The smallest absolute Gasteiger partial charge is 0.335 e. The molecular weight excluding hydrogens is 456 g/mol. The minimum atomic E-state index is -0.677. The molecule has 0 saturated carbocycles. The number of amidine groups is 1. The van der Waals surface area contributed by atoms with Crippen LogP contribution in [0.1, 0.15) is 57.1 Å². The third-order valence-electron chi connectivity index (χ3n) is 5.95. The fraction of sp³-hybridized carbons (Fsp3) is 0.483. The molecule has 1 aromatic rings. The van der Waals surface area contributed by atoms with Gasteiger partial charge in [0.2, 0.25) is 0 Å². The Kier molecular flexibility index (Phi) is 12.7. The van der Waals surface area contributed by atoms with Gasteiger partial charge in [0.15, 0.2) is 0 Å². The van der Waals surface area contributed by atoms with Crippen molar-refractivity contribution in [3.63, 3.8) is 0 Å². The molecule has 0 bridgehead atoms. The first-order chi connectivity index (χ1) is 17.3. The van der Waals surface area contributed by atoms with E-state index in [0.717, 1.165) is 25.1 Å². The molecule has 0 aliphatic carbocycles. The van der Waals surface area contributed by atoms with E-state index in [9.17, 15) is 9.59 Å². The van der Waals surface area contributed by atoms with Gasteiger partial charge in [0.05, 0.1) is 31.9 Å². The van der Waals surface area contributed by atoms with E-state index in [4.69, 9.17) is 14.6 Å². The standard InChI is InChI=1S/C29H40N2O5/c1-5-6-7-8-23-9-11-24(12-10-23)13-14-25-16-30-27(31-17-25)15-26(19-35-28(33)21(2)3)20-36-29(34)22(4)18-32/h9-12,16,26,32H,2,4-8,13-15,17-20H2,1,3H3,(H,30,31). The number of esters is 2. The van der Waals surface area contributed by atoms with Gasteiger partial charge >= 0.3 is 11.9 Å². The first kappa shape index (κ1) is 29.0. The Balaban J connectivity index is 1.84. The number of aliphatic hydroxyl groups is 1. The molecule has 196 valence electrons. The summed E-state index contributed by atoms with van der Waals surface area (Å²) in [6, 6.07) is 8.91. The SMILES string of the molecule is C=C(C)C(=O)OCC(COC(=O)C(=C)CO)CC1=NCC(CCc2ccc(CCCCC)cc2)=CN1. The van der Waals surface area contributed by atoms with Gasteiger partial charge < -0.3 is 19.9 Å². The number of hydrogen-bond donors (Lipinski definition) is 2. The Bertz CT molecular complexity index is 962. The molecular formula is C29H40N2O5. The van der Waals surface area contributed by atoms with Crippen molar-refractivity contribution in [1.82, 2.24) is 5.32 Å². The molecule has 0 spiro atoms.